The molecule has 0 bridgehead atoms. The molecule has 3 rings (SSSR count). The minimum absolute atomic E-state index is 0.214. The van der Waals surface area contributed by atoms with Gasteiger partial charge in [0, 0.05) is 16.3 Å². The molecule has 0 spiro atoms. The van der Waals surface area contributed by atoms with Gasteiger partial charge in [0.1, 0.15) is 5.01 Å². The summed E-state index contributed by atoms with van der Waals surface area (Å²) in [5.74, 6) is 0.849. The molecular weight excluding hydrogens is 308 g/mol. The summed E-state index contributed by atoms with van der Waals surface area (Å²) in [6, 6.07) is 1.97. The molecule has 108 valence electrons. The number of thiophene rings is 1. The van der Waals surface area contributed by atoms with Crippen molar-refractivity contribution < 1.29 is 0 Å². The maximum atomic E-state index is 6.62. The number of nitrogens with two attached hydrogens (primary N) is 1. The van der Waals surface area contributed by atoms with Gasteiger partial charge in [0.05, 0.1) is 15.6 Å². The molecule has 1 saturated carbocycles. The molecule has 0 unspecified atom stereocenters. The summed E-state index contributed by atoms with van der Waals surface area (Å²) in [6.07, 6.45) is 5.84. The second-order valence-corrected chi connectivity index (χ2v) is 8.09. The van der Waals surface area contributed by atoms with E-state index in [9.17, 15) is 0 Å². The Kier molecular flexibility index (Phi) is 4.18. The average molecular weight is 327 g/mol. The largest absolute Gasteiger partial charge is 0.319 e. The summed E-state index contributed by atoms with van der Waals surface area (Å²) < 4.78 is 0.806. The molecule has 1 aliphatic carbocycles. The van der Waals surface area contributed by atoms with Crippen molar-refractivity contribution in [2.24, 2.45) is 11.7 Å². The van der Waals surface area contributed by atoms with E-state index in [1.54, 1.807) is 22.7 Å². The summed E-state index contributed by atoms with van der Waals surface area (Å²) in [5.41, 5.74) is 8.52. The maximum absolute atomic E-state index is 6.62. The van der Waals surface area contributed by atoms with E-state index in [0.29, 0.717) is 0 Å². The fraction of sp³-hybridized carbons (Fsp3) is 0.533. The molecule has 0 saturated heterocycles. The zero-order valence-electron chi connectivity index (χ0n) is 11.6. The summed E-state index contributed by atoms with van der Waals surface area (Å²) in [5, 5.41) is 5.25. The van der Waals surface area contributed by atoms with Crippen LogP contribution in [0, 0.1) is 5.92 Å². The van der Waals surface area contributed by atoms with Gasteiger partial charge >= 0.3 is 0 Å². The Labute approximate surface area is 133 Å². The number of rotatable bonds is 3. The van der Waals surface area contributed by atoms with E-state index in [1.165, 1.54) is 19.3 Å². The monoisotopic (exact) mass is 326 g/mol. The molecule has 0 amide bonds. The summed E-state index contributed by atoms with van der Waals surface area (Å²) >= 11 is 9.23. The van der Waals surface area contributed by atoms with Gasteiger partial charge in [0.25, 0.3) is 0 Å². The number of thiazole rings is 1. The van der Waals surface area contributed by atoms with Crippen molar-refractivity contribution in [2.45, 2.75) is 44.6 Å². The number of hydrogen-bond acceptors (Lipinski definition) is 4. The molecule has 1 aliphatic rings. The van der Waals surface area contributed by atoms with E-state index in [4.69, 9.17) is 22.3 Å². The van der Waals surface area contributed by atoms with Crippen molar-refractivity contribution in [1.82, 2.24) is 4.98 Å². The van der Waals surface area contributed by atoms with Crippen LogP contribution in [0.25, 0.3) is 11.3 Å². The van der Waals surface area contributed by atoms with Crippen LogP contribution in [-0.4, -0.2) is 4.98 Å². The molecule has 1 fully saturated rings. The van der Waals surface area contributed by atoms with Crippen LogP contribution in [0.5, 0.6) is 0 Å². The van der Waals surface area contributed by atoms with E-state index in [-0.39, 0.29) is 5.54 Å². The topological polar surface area (TPSA) is 38.9 Å². The number of nitrogens with zero attached hydrogens (tertiary/aromatic N) is 1. The van der Waals surface area contributed by atoms with Gasteiger partial charge < -0.3 is 5.73 Å². The smallest absolute Gasteiger partial charge is 0.113 e. The molecule has 5 heteroatoms. The first kappa shape index (κ1) is 14.5. The van der Waals surface area contributed by atoms with E-state index < -0.39 is 0 Å². The third kappa shape index (κ3) is 2.80. The third-order valence-corrected chi connectivity index (χ3v) is 6.52. The Morgan fingerprint density at radius 3 is 2.70 bits per heavy atom. The molecule has 20 heavy (non-hydrogen) atoms. The van der Waals surface area contributed by atoms with Crippen LogP contribution in [0.2, 0.25) is 4.34 Å². The van der Waals surface area contributed by atoms with E-state index in [2.05, 4.69) is 17.7 Å². The minimum atomic E-state index is -0.214. The fourth-order valence-corrected chi connectivity index (χ4v) is 4.77. The van der Waals surface area contributed by atoms with Gasteiger partial charge in [-0.1, -0.05) is 24.9 Å². The highest BCUT2D eigenvalue weighted by molar-refractivity contribution is 7.14. The zero-order chi connectivity index (χ0) is 14.2. The highest BCUT2D eigenvalue weighted by Crippen LogP contribution is 2.41. The average Bonchev–Trinajstić information content (AvgIpc) is 3.08. The summed E-state index contributed by atoms with van der Waals surface area (Å²) in [6.45, 7) is 2.27. The SMILES string of the molecule is CCC1CCC(N)(c2nc(-c3csc(Cl)c3)cs2)CC1. The Bertz CT molecular complexity index is 582. The Morgan fingerprint density at radius 1 is 1.35 bits per heavy atom. The second-order valence-electron chi connectivity index (χ2n) is 5.69. The molecule has 0 radical (unpaired) electrons. The molecular formula is C15H19ClN2S2. The van der Waals surface area contributed by atoms with E-state index in [1.807, 2.05) is 6.07 Å². The van der Waals surface area contributed by atoms with Gasteiger partial charge in [0.15, 0.2) is 0 Å². The van der Waals surface area contributed by atoms with Gasteiger partial charge in [-0.2, -0.15) is 0 Å². The molecule has 0 aliphatic heterocycles. The molecule has 0 aromatic carbocycles. The van der Waals surface area contributed by atoms with Crippen molar-refractivity contribution in [3.8, 4) is 11.3 Å². The lowest BCUT2D eigenvalue weighted by atomic mass is 9.76. The van der Waals surface area contributed by atoms with Gasteiger partial charge in [-0.3, -0.25) is 0 Å². The Morgan fingerprint density at radius 2 is 2.10 bits per heavy atom. The van der Waals surface area contributed by atoms with Crippen molar-refractivity contribution in [3.63, 3.8) is 0 Å². The van der Waals surface area contributed by atoms with Crippen molar-refractivity contribution in [1.29, 1.82) is 0 Å². The van der Waals surface area contributed by atoms with Crippen LogP contribution < -0.4 is 5.73 Å². The standard InChI is InChI=1S/C15H19ClN2S2/c1-2-10-3-5-15(17,6-4-10)14-18-12(9-20-14)11-7-13(16)19-8-11/h7-10H,2-6,17H2,1H3. The van der Waals surface area contributed by atoms with E-state index >= 15 is 0 Å². The number of hydrogen-bond donors (Lipinski definition) is 1. The van der Waals surface area contributed by atoms with Crippen LogP contribution in [0.15, 0.2) is 16.8 Å². The number of aromatic nitrogens is 1. The van der Waals surface area contributed by atoms with Crippen molar-refractivity contribution in [2.75, 3.05) is 0 Å². The number of halogens is 1. The Balaban J connectivity index is 1.80. The molecule has 2 N–H and O–H groups in total. The first-order valence-corrected chi connectivity index (χ1v) is 9.24. The minimum Gasteiger partial charge on any atom is -0.319 e. The summed E-state index contributed by atoms with van der Waals surface area (Å²) in [4.78, 5) is 4.78. The lowest BCUT2D eigenvalue weighted by Crippen LogP contribution is -2.40. The highest BCUT2D eigenvalue weighted by Gasteiger charge is 2.35. The first-order valence-electron chi connectivity index (χ1n) is 7.10. The zero-order valence-corrected chi connectivity index (χ0v) is 14.0. The van der Waals surface area contributed by atoms with Crippen LogP contribution in [0.1, 0.15) is 44.0 Å². The quantitative estimate of drug-likeness (QED) is 0.833. The van der Waals surface area contributed by atoms with Crippen molar-refractivity contribution in [3.05, 3.63) is 26.2 Å². The van der Waals surface area contributed by atoms with Gasteiger partial charge in [0.2, 0.25) is 0 Å². The highest BCUT2D eigenvalue weighted by atomic mass is 35.5. The van der Waals surface area contributed by atoms with E-state index in [0.717, 1.165) is 39.4 Å². The first-order chi connectivity index (χ1) is 9.60. The van der Waals surface area contributed by atoms with Crippen LogP contribution in [-0.2, 0) is 5.54 Å². The molecule has 2 aromatic rings. The Hall–Kier alpha value is -0.420. The molecule has 0 atom stereocenters. The van der Waals surface area contributed by atoms with Crippen molar-refractivity contribution >= 4 is 34.3 Å². The fourth-order valence-electron chi connectivity index (χ4n) is 2.89. The van der Waals surface area contributed by atoms with Crippen LogP contribution in [0.4, 0.5) is 0 Å². The van der Waals surface area contributed by atoms with Gasteiger partial charge in [-0.25, -0.2) is 4.98 Å². The maximum Gasteiger partial charge on any atom is 0.113 e. The van der Waals surface area contributed by atoms with Crippen LogP contribution in [0.3, 0.4) is 0 Å². The van der Waals surface area contributed by atoms with Gasteiger partial charge in [-0.15, -0.1) is 22.7 Å². The second kappa shape index (κ2) is 5.76. The third-order valence-electron chi connectivity index (χ3n) is 4.37. The molecule has 2 aromatic heterocycles. The molecule has 2 nitrogen and oxygen atoms in total. The lowest BCUT2D eigenvalue weighted by molar-refractivity contribution is 0.231. The normalized spacial score (nSPS) is 26.9. The lowest BCUT2D eigenvalue weighted by Gasteiger charge is -2.35. The summed E-state index contributed by atoms with van der Waals surface area (Å²) in [7, 11) is 0. The molecule has 2 heterocycles. The van der Waals surface area contributed by atoms with Crippen LogP contribution >= 0.6 is 34.3 Å². The predicted molar refractivity (Wildman–Crippen MR) is 88.6 cm³/mol. The predicted octanol–water partition coefficient (Wildman–Crippen LogP) is 5.28. The van der Waals surface area contributed by atoms with Gasteiger partial charge in [-0.05, 0) is 37.7 Å².